The van der Waals surface area contributed by atoms with E-state index in [0.717, 1.165) is 16.8 Å². The quantitative estimate of drug-likeness (QED) is 0.636. The molecule has 0 amide bonds. The second-order valence-electron chi connectivity index (χ2n) is 4.55. The SMILES string of the molecule is COc1ccc(C(NN)c2c(C)cnn2C)cc1OC. The van der Waals surface area contributed by atoms with Gasteiger partial charge in [0.1, 0.15) is 0 Å². The zero-order valence-corrected chi connectivity index (χ0v) is 12.2. The number of nitrogens with one attached hydrogen (secondary N) is 1. The van der Waals surface area contributed by atoms with Gasteiger partial charge >= 0.3 is 0 Å². The van der Waals surface area contributed by atoms with Crippen LogP contribution in [0.3, 0.4) is 0 Å². The van der Waals surface area contributed by atoms with Crippen LogP contribution in [0.2, 0.25) is 0 Å². The van der Waals surface area contributed by atoms with Crippen LogP contribution in [0.25, 0.3) is 0 Å². The molecule has 0 bridgehead atoms. The molecule has 0 saturated heterocycles. The number of rotatable bonds is 5. The molecule has 1 unspecified atom stereocenters. The number of methoxy groups -OCH3 is 2. The van der Waals surface area contributed by atoms with Gasteiger partial charge in [0.15, 0.2) is 11.5 Å². The monoisotopic (exact) mass is 276 g/mol. The first-order valence-corrected chi connectivity index (χ1v) is 6.29. The minimum Gasteiger partial charge on any atom is -0.493 e. The Labute approximate surface area is 118 Å². The van der Waals surface area contributed by atoms with Crippen LogP contribution in [0.4, 0.5) is 0 Å². The maximum Gasteiger partial charge on any atom is 0.161 e. The molecule has 6 heteroatoms. The molecule has 20 heavy (non-hydrogen) atoms. The van der Waals surface area contributed by atoms with Crippen molar-refractivity contribution in [1.82, 2.24) is 15.2 Å². The van der Waals surface area contributed by atoms with Gasteiger partial charge in [-0.05, 0) is 30.2 Å². The molecule has 0 aliphatic carbocycles. The molecule has 1 aromatic heterocycles. The van der Waals surface area contributed by atoms with Crippen molar-refractivity contribution >= 4 is 0 Å². The third-order valence-corrected chi connectivity index (χ3v) is 3.36. The summed E-state index contributed by atoms with van der Waals surface area (Å²) in [6.45, 7) is 2.01. The lowest BCUT2D eigenvalue weighted by molar-refractivity contribution is 0.354. The summed E-state index contributed by atoms with van der Waals surface area (Å²) < 4.78 is 12.4. The van der Waals surface area contributed by atoms with E-state index in [9.17, 15) is 0 Å². The molecule has 2 rings (SSSR count). The first-order chi connectivity index (χ1) is 9.62. The summed E-state index contributed by atoms with van der Waals surface area (Å²) in [6, 6.07) is 5.57. The lowest BCUT2D eigenvalue weighted by Gasteiger charge is -2.19. The average molecular weight is 276 g/mol. The highest BCUT2D eigenvalue weighted by atomic mass is 16.5. The Morgan fingerprint density at radius 2 is 1.95 bits per heavy atom. The van der Waals surface area contributed by atoms with Crippen molar-refractivity contribution in [2.45, 2.75) is 13.0 Å². The van der Waals surface area contributed by atoms with Crippen LogP contribution >= 0.6 is 0 Å². The van der Waals surface area contributed by atoms with E-state index in [1.165, 1.54) is 0 Å². The van der Waals surface area contributed by atoms with Crippen LogP contribution in [-0.2, 0) is 7.05 Å². The van der Waals surface area contributed by atoms with Gasteiger partial charge in [0.05, 0.1) is 32.2 Å². The number of benzene rings is 1. The number of ether oxygens (including phenoxy) is 2. The van der Waals surface area contributed by atoms with Crippen molar-refractivity contribution < 1.29 is 9.47 Å². The zero-order valence-electron chi connectivity index (χ0n) is 12.2. The fraction of sp³-hybridized carbons (Fsp3) is 0.357. The highest BCUT2D eigenvalue weighted by molar-refractivity contribution is 5.45. The molecule has 1 aromatic carbocycles. The second kappa shape index (κ2) is 5.94. The summed E-state index contributed by atoms with van der Waals surface area (Å²) in [6.07, 6.45) is 1.82. The summed E-state index contributed by atoms with van der Waals surface area (Å²) in [5.74, 6) is 7.09. The molecular formula is C14H20N4O2. The van der Waals surface area contributed by atoms with Gasteiger partial charge in [-0.25, -0.2) is 5.43 Å². The van der Waals surface area contributed by atoms with E-state index >= 15 is 0 Å². The lowest BCUT2D eigenvalue weighted by Crippen LogP contribution is -2.30. The first kappa shape index (κ1) is 14.4. The Balaban J connectivity index is 2.47. The summed E-state index contributed by atoms with van der Waals surface area (Å²) in [5, 5.41) is 4.25. The van der Waals surface area contributed by atoms with Crippen molar-refractivity contribution in [3.63, 3.8) is 0 Å². The van der Waals surface area contributed by atoms with Gasteiger partial charge in [-0.3, -0.25) is 10.5 Å². The Kier molecular flexibility index (Phi) is 4.26. The van der Waals surface area contributed by atoms with Crippen molar-refractivity contribution in [1.29, 1.82) is 0 Å². The van der Waals surface area contributed by atoms with E-state index in [1.54, 1.807) is 14.2 Å². The van der Waals surface area contributed by atoms with Crippen LogP contribution in [0.5, 0.6) is 11.5 Å². The largest absolute Gasteiger partial charge is 0.493 e. The standard InChI is InChI=1S/C14H20N4O2/c1-9-8-16-18(2)14(9)13(17-15)10-5-6-11(19-3)12(7-10)20-4/h5-8,13,17H,15H2,1-4H3. The van der Waals surface area contributed by atoms with Crippen LogP contribution in [0.15, 0.2) is 24.4 Å². The minimum absolute atomic E-state index is 0.165. The molecule has 2 aromatic rings. The zero-order chi connectivity index (χ0) is 14.7. The molecule has 0 saturated carbocycles. The van der Waals surface area contributed by atoms with E-state index in [-0.39, 0.29) is 6.04 Å². The third-order valence-electron chi connectivity index (χ3n) is 3.36. The van der Waals surface area contributed by atoms with Crippen LogP contribution < -0.4 is 20.7 Å². The second-order valence-corrected chi connectivity index (χ2v) is 4.55. The molecule has 6 nitrogen and oxygen atoms in total. The number of aryl methyl sites for hydroxylation is 2. The fourth-order valence-electron chi connectivity index (χ4n) is 2.34. The number of hydrazine groups is 1. The molecule has 0 aliphatic rings. The van der Waals surface area contributed by atoms with E-state index in [0.29, 0.717) is 11.5 Å². The van der Waals surface area contributed by atoms with Crippen LogP contribution in [0.1, 0.15) is 22.9 Å². The molecule has 0 spiro atoms. The molecule has 0 fully saturated rings. The normalized spacial score (nSPS) is 12.2. The Hall–Kier alpha value is -2.05. The summed E-state index contributed by atoms with van der Waals surface area (Å²) >= 11 is 0. The van der Waals surface area contributed by atoms with Crippen molar-refractivity contribution in [2.24, 2.45) is 12.9 Å². The Morgan fingerprint density at radius 3 is 2.45 bits per heavy atom. The topological polar surface area (TPSA) is 74.3 Å². The summed E-state index contributed by atoms with van der Waals surface area (Å²) in [4.78, 5) is 0. The van der Waals surface area contributed by atoms with Crippen molar-refractivity contribution in [3.8, 4) is 11.5 Å². The number of nitrogens with two attached hydrogens (primary N) is 1. The van der Waals surface area contributed by atoms with Gasteiger partial charge in [0, 0.05) is 7.05 Å². The number of nitrogens with zero attached hydrogens (tertiary/aromatic N) is 2. The molecule has 108 valence electrons. The van der Waals surface area contributed by atoms with Crippen molar-refractivity contribution in [3.05, 3.63) is 41.2 Å². The molecular weight excluding hydrogens is 256 g/mol. The van der Waals surface area contributed by atoms with E-state index in [4.69, 9.17) is 15.3 Å². The van der Waals surface area contributed by atoms with E-state index < -0.39 is 0 Å². The van der Waals surface area contributed by atoms with Gasteiger partial charge in [0.2, 0.25) is 0 Å². The highest BCUT2D eigenvalue weighted by Gasteiger charge is 2.20. The predicted octanol–water partition coefficient (Wildman–Crippen LogP) is 1.30. The first-order valence-electron chi connectivity index (χ1n) is 6.29. The van der Waals surface area contributed by atoms with Crippen LogP contribution in [-0.4, -0.2) is 24.0 Å². The van der Waals surface area contributed by atoms with Crippen molar-refractivity contribution in [2.75, 3.05) is 14.2 Å². The summed E-state index contributed by atoms with van der Waals surface area (Å²) in [5.41, 5.74) is 5.91. The van der Waals surface area contributed by atoms with Gasteiger partial charge in [0.25, 0.3) is 0 Å². The minimum atomic E-state index is -0.165. The lowest BCUT2D eigenvalue weighted by atomic mass is 10.0. The fourth-order valence-corrected chi connectivity index (χ4v) is 2.34. The molecule has 0 radical (unpaired) electrons. The van der Waals surface area contributed by atoms with Crippen LogP contribution in [0, 0.1) is 6.92 Å². The Bertz CT molecular complexity index is 575. The van der Waals surface area contributed by atoms with E-state index in [1.807, 2.05) is 43.0 Å². The number of aromatic nitrogens is 2. The maximum atomic E-state index is 5.73. The highest BCUT2D eigenvalue weighted by Crippen LogP contribution is 2.32. The molecule has 3 N–H and O–H groups in total. The third kappa shape index (κ3) is 2.48. The number of hydrogen-bond acceptors (Lipinski definition) is 5. The van der Waals surface area contributed by atoms with Gasteiger partial charge in [-0.2, -0.15) is 5.10 Å². The summed E-state index contributed by atoms with van der Waals surface area (Å²) in [7, 11) is 5.12. The van der Waals surface area contributed by atoms with Gasteiger partial charge < -0.3 is 9.47 Å². The maximum absolute atomic E-state index is 5.73. The van der Waals surface area contributed by atoms with Gasteiger partial charge in [-0.1, -0.05) is 6.07 Å². The van der Waals surface area contributed by atoms with E-state index in [2.05, 4.69) is 10.5 Å². The average Bonchev–Trinajstić information content (AvgIpc) is 2.80. The molecule has 0 aliphatic heterocycles. The smallest absolute Gasteiger partial charge is 0.161 e. The molecule has 1 heterocycles. The predicted molar refractivity (Wildman–Crippen MR) is 76.7 cm³/mol. The molecule has 1 atom stereocenters. The van der Waals surface area contributed by atoms with Gasteiger partial charge in [-0.15, -0.1) is 0 Å². The Morgan fingerprint density at radius 1 is 1.25 bits per heavy atom. The number of hydrogen-bond donors (Lipinski definition) is 2.